The molecule has 2 N–H and O–H groups in total. The number of hydrogen-bond donors (Lipinski definition) is 2. The minimum absolute atomic E-state index is 0.0576. The van der Waals surface area contributed by atoms with Crippen LogP contribution in [0.4, 0.5) is 0 Å². The van der Waals surface area contributed by atoms with Gasteiger partial charge in [-0.05, 0) is 37.0 Å². The number of carbonyl (C=O) groups excluding carboxylic acids is 1. The summed E-state index contributed by atoms with van der Waals surface area (Å²) in [7, 11) is 0. The van der Waals surface area contributed by atoms with Crippen molar-refractivity contribution in [2.24, 2.45) is 5.92 Å². The minimum atomic E-state index is -0.117. The lowest BCUT2D eigenvalue weighted by atomic mass is 10.0. The topological polar surface area (TPSA) is 66.5 Å². The Morgan fingerprint density at radius 1 is 1.36 bits per heavy atom. The van der Waals surface area contributed by atoms with E-state index < -0.39 is 0 Å². The number of pyridine rings is 1. The van der Waals surface area contributed by atoms with Crippen LogP contribution < -0.4 is 10.6 Å². The predicted molar refractivity (Wildman–Crippen MR) is 93.8 cm³/mol. The standard InChI is InChI=1S/C19H22N4O2/c24-19(21-12-14-6-10-25-11-7-14)17-16-5-1-2-9-23(16)18(22-17)15-4-3-8-20-13-15/h1-5,8-9,13-14,18,22H,6-7,10-12H2,(H,21,24). The van der Waals surface area contributed by atoms with Gasteiger partial charge in [0.1, 0.15) is 11.9 Å². The Hall–Kier alpha value is -2.60. The summed E-state index contributed by atoms with van der Waals surface area (Å²) in [6.45, 7) is 2.27. The first-order valence-corrected chi connectivity index (χ1v) is 8.73. The van der Waals surface area contributed by atoms with Crippen LogP contribution >= 0.6 is 0 Å². The lowest BCUT2D eigenvalue weighted by Gasteiger charge is -2.25. The normalized spacial score (nSPS) is 22.7. The number of nitrogens with one attached hydrogen (secondary N) is 2. The first-order chi connectivity index (χ1) is 12.3. The van der Waals surface area contributed by atoms with E-state index in [-0.39, 0.29) is 12.1 Å². The van der Waals surface area contributed by atoms with E-state index in [0.29, 0.717) is 18.2 Å². The molecule has 1 aromatic heterocycles. The summed E-state index contributed by atoms with van der Waals surface area (Å²) in [5.41, 5.74) is 2.52. The van der Waals surface area contributed by atoms with E-state index in [1.807, 2.05) is 42.8 Å². The quantitative estimate of drug-likeness (QED) is 0.877. The molecule has 1 fully saturated rings. The van der Waals surface area contributed by atoms with Gasteiger partial charge in [-0.2, -0.15) is 0 Å². The maximum atomic E-state index is 12.8. The maximum Gasteiger partial charge on any atom is 0.269 e. The van der Waals surface area contributed by atoms with E-state index in [2.05, 4.69) is 20.5 Å². The Bertz CT molecular complexity index is 720. The molecule has 0 radical (unpaired) electrons. The van der Waals surface area contributed by atoms with Crippen LogP contribution in [0.2, 0.25) is 0 Å². The van der Waals surface area contributed by atoms with Crippen molar-refractivity contribution < 1.29 is 9.53 Å². The summed E-state index contributed by atoms with van der Waals surface area (Å²) < 4.78 is 5.38. The van der Waals surface area contributed by atoms with Crippen molar-refractivity contribution in [3.63, 3.8) is 0 Å². The number of nitrogens with zero attached hydrogens (tertiary/aromatic N) is 2. The molecule has 1 unspecified atom stereocenters. The highest BCUT2D eigenvalue weighted by molar-refractivity contribution is 5.94. The van der Waals surface area contributed by atoms with Crippen LogP contribution in [0.1, 0.15) is 24.6 Å². The molecule has 4 rings (SSSR count). The first kappa shape index (κ1) is 15.9. The highest BCUT2D eigenvalue weighted by Gasteiger charge is 2.34. The maximum absolute atomic E-state index is 12.8. The third-order valence-corrected chi connectivity index (χ3v) is 4.82. The smallest absolute Gasteiger partial charge is 0.269 e. The van der Waals surface area contributed by atoms with Gasteiger partial charge in [0.2, 0.25) is 0 Å². The van der Waals surface area contributed by atoms with Crippen molar-refractivity contribution in [1.82, 2.24) is 20.5 Å². The van der Waals surface area contributed by atoms with Crippen molar-refractivity contribution in [1.29, 1.82) is 0 Å². The molecule has 0 spiro atoms. The highest BCUT2D eigenvalue weighted by atomic mass is 16.5. The molecule has 3 aliphatic heterocycles. The number of allylic oxidation sites excluding steroid dienone is 3. The fourth-order valence-electron chi connectivity index (χ4n) is 3.41. The minimum Gasteiger partial charge on any atom is -0.381 e. The number of rotatable bonds is 4. The van der Waals surface area contributed by atoms with Gasteiger partial charge in [0, 0.05) is 43.9 Å². The van der Waals surface area contributed by atoms with Crippen LogP contribution in [0.3, 0.4) is 0 Å². The Balaban J connectivity index is 1.49. The Morgan fingerprint density at radius 3 is 3.04 bits per heavy atom. The van der Waals surface area contributed by atoms with Crippen LogP contribution in [-0.4, -0.2) is 35.5 Å². The Kier molecular flexibility index (Phi) is 4.52. The van der Waals surface area contributed by atoms with E-state index >= 15 is 0 Å². The summed E-state index contributed by atoms with van der Waals surface area (Å²) >= 11 is 0. The zero-order valence-corrected chi connectivity index (χ0v) is 14.0. The average Bonchev–Trinajstić information content (AvgIpc) is 3.07. The largest absolute Gasteiger partial charge is 0.381 e. The summed E-state index contributed by atoms with van der Waals surface area (Å²) in [4.78, 5) is 19.0. The van der Waals surface area contributed by atoms with Crippen LogP contribution in [0, 0.1) is 5.92 Å². The van der Waals surface area contributed by atoms with Gasteiger partial charge in [-0.15, -0.1) is 0 Å². The second kappa shape index (κ2) is 7.11. The van der Waals surface area contributed by atoms with Crippen molar-refractivity contribution >= 4 is 5.91 Å². The first-order valence-electron chi connectivity index (χ1n) is 8.73. The van der Waals surface area contributed by atoms with Crippen molar-refractivity contribution in [3.05, 3.63) is 65.9 Å². The monoisotopic (exact) mass is 338 g/mol. The summed E-state index contributed by atoms with van der Waals surface area (Å²) in [6.07, 6.45) is 13.3. The lowest BCUT2D eigenvalue weighted by Crippen LogP contribution is -2.36. The molecule has 0 saturated carbocycles. The molecule has 0 aliphatic carbocycles. The molecule has 1 saturated heterocycles. The Morgan fingerprint density at radius 2 is 2.24 bits per heavy atom. The molecule has 0 bridgehead atoms. The van der Waals surface area contributed by atoms with E-state index in [4.69, 9.17) is 4.74 Å². The van der Waals surface area contributed by atoms with E-state index in [9.17, 15) is 4.79 Å². The number of carbonyl (C=O) groups is 1. The molecule has 6 nitrogen and oxygen atoms in total. The van der Waals surface area contributed by atoms with E-state index in [0.717, 1.165) is 37.3 Å². The van der Waals surface area contributed by atoms with Crippen LogP contribution in [0.15, 0.2) is 60.3 Å². The lowest BCUT2D eigenvalue weighted by molar-refractivity contribution is -0.118. The van der Waals surface area contributed by atoms with Crippen LogP contribution in [0.25, 0.3) is 0 Å². The van der Waals surface area contributed by atoms with Crippen LogP contribution in [0.5, 0.6) is 0 Å². The molecule has 3 aliphatic rings. The van der Waals surface area contributed by atoms with Crippen molar-refractivity contribution in [2.75, 3.05) is 19.8 Å². The Labute approximate surface area is 147 Å². The molecular formula is C19H22N4O2. The predicted octanol–water partition coefficient (Wildman–Crippen LogP) is 1.82. The SMILES string of the molecule is O=C(NCC1CCOCC1)C1=C2C=CC=CN2C(c2cccnc2)N1. The van der Waals surface area contributed by atoms with Gasteiger partial charge >= 0.3 is 0 Å². The number of fused-ring (bicyclic) bond motifs is 1. The second-order valence-electron chi connectivity index (χ2n) is 6.47. The summed E-state index contributed by atoms with van der Waals surface area (Å²) in [5.74, 6) is 0.439. The number of hydrogen-bond acceptors (Lipinski definition) is 5. The molecule has 25 heavy (non-hydrogen) atoms. The van der Waals surface area contributed by atoms with Gasteiger partial charge in [0.25, 0.3) is 5.91 Å². The van der Waals surface area contributed by atoms with Gasteiger partial charge in [0.05, 0.1) is 5.70 Å². The third kappa shape index (κ3) is 3.30. The molecule has 1 aromatic rings. The number of amides is 1. The number of ether oxygens (including phenoxy) is 1. The van der Waals surface area contributed by atoms with E-state index in [1.165, 1.54) is 0 Å². The van der Waals surface area contributed by atoms with Crippen molar-refractivity contribution in [2.45, 2.75) is 19.0 Å². The average molecular weight is 338 g/mol. The highest BCUT2D eigenvalue weighted by Crippen LogP contribution is 2.33. The van der Waals surface area contributed by atoms with Crippen molar-refractivity contribution in [3.8, 4) is 0 Å². The zero-order valence-electron chi connectivity index (χ0n) is 14.0. The summed E-state index contributed by atoms with van der Waals surface area (Å²) in [6, 6.07) is 3.92. The third-order valence-electron chi connectivity index (χ3n) is 4.82. The fourth-order valence-corrected chi connectivity index (χ4v) is 3.41. The fraction of sp³-hybridized carbons (Fsp3) is 0.368. The van der Waals surface area contributed by atoms with Gasteiger partial charge in [-0.25, -0.2) is 0 Å². The van der Waals surface area contributed by atoms with Gasteiger partial charge < -0.3 is 20.3 Å². The number of aromatic nitrogens is 1. The van der Waals surface area contributed by atoms with E-state index in [1.54, 1.807) is 6.20 Å². The van der Waals surface area contributed by atoms with Crippen LogP contribution in [-0.2, 0) is 9.53 Å². The van der Waals surface area contributed by atoms with Gasteiger partial charge in [-0.1, -0.05) is 12.1 Å². The molecule has 130 valence electrons. The molecular weight excluding hydrogens is 316 g/mol. The second-order valence-corrected chi connectivity index (χ2v) is 6.47. The molecule has 6 heteroatoms. The molecule has 1 atom stereocenters. The molecule has 1 amide bonds. The molecule has 4 heterocycles. The van der Waals surface area contributed by atoms with Gasteiger partial charge in [-0.3, -0.25) is 9.78 Å². The van der Waals surface area contributed by atoms with Gasteiger partial charge in [0.15, 0.2) is 0 Å². The zero-order chi connectivity index (χ0) is 17.1. The summed E-state index contributed by atoms with van der Waals surface area (Å²) in [5, 5.41) is 6.45. The molecule has 0 aromatic carbocycles.